The molecule has 1 aliphatic heterocycles. The van der Waals surface area contributed by atoms with Crippen LogP contribution < -0.4 is 4.90 Å². The first-order valence-electron chi connectivity index (χ1n) is 9.11. The number of aliphatic hydroxyl groups is 1. The van der Waals surface area contributed by atoms with Crippen molar-refractivity contribution >= 4 is 5.69 Å². The van der Waals surface area contributed by atoms with Gasteiger partial charge >= 0.3 is 6.18 Å². The lowest BCUT2D eigenvalue weighted by Gasteiger charge is -2.37. The van der Waals surface area contributed by atoms with Gasteiger partial charge in [-0.1, -0.05) is 18.9 Å². The molecule has 2 rings (SSSR count). The number of benzene rings is 1. The summed E-state index contributed by atoms with van der Waals surface area (Å²) >= 11 is 0. The van der Waals surface area contributed by atoms with E-state index in [0.29, 0.717) is 44.8 Å². The van der Waals surface area contributed by atoms with Gasteiger partial charge in [-0.25, -0.2) is 0 Å². The second kappa shape index (κ2) is 8.96. The molecule has 7 heteroatoms. The molecule has 4 nitrogen and oxygen atoms in total. The van der Waals surface area contributed by atoms with E-state index < -0.39 is 23.4 Å². The second-order valence-corrected chi connectivity index (χ2v) is 7.03. The molecule has 1 fully saturated rings. The Balaban J connectivity index is 1.83. The highest BCUT2D eigenvalue weighted by Gasteiger charge is 2.31. The number of aliphatic hydroxyl groups excluding tert-OH is 1. The Bertz CT molecular complexity index is 651. The fourth-order valence-electron chi connectivity index (χ4n) is 2.94. The first-order chi connectivity index (χ1) is 12.7. The van der Waals surface area contributed by atoms with Crippen LogP contribution in [0.3, 0.4) is 0 Å². The van der Waals surface area contributed by atoms with E-state index >= 15 is 0 Å². The summed E-state index contributed by atoms with van der Waals surface area (Å²) in [6, 6.07) is 5.39. The molecular formula is C20H27F3N2O2. The average molecular weight is 384 g/mol. The standard InChI is InChI=1S/C20H27F3N2O2/c1-4-19(3,5-2)27-15-18(26)14-24-9-11-25(12-10-24)17-8-6-7-16(13-17)20(21,22)23/h1,6-8,13,18,26H,5,9-12,14-15H2,2-3H3/t18-,19+/m0/s1. The number of β-amino-alcohol motifs (C(OH)–C–C–N with tert-alkyl or cyclic N) is 1. The smallest absolute Gasteiger partial charge is 0.389 e. The minimum Gasteiger partial charge on any atom is -0.389 e. The highest BCUT2D eigenvalue weighted by molar-refractivity contribution is 5.49. The van der Waals surface area contributed by atoms with Crippen molar-refractivity contribution in [3.63, 3.8) is 0 Å². The second-order valence-electron chi connectivity index (χ2n) is 7.03. The lowest BCUT2D eigenvalue weighted by molar-refractivity contribution is -0.137. The monoisotopic (exact) mass is 384 g/mol. The number of terminal acetylenes is 1. The molecule has 0 saturated carbocycles. The molecule has 1 aliphatic rings. The molecule has 1 aromatic carbocycles. The Morgan fingerprint density at radius 1 is 1.26 bits per heavy atom. The molecule has 0 amide bonds. The maximum atomic E-state index is 12.9. The minimum atomic E-state index is -4.34. The van der Waals surface area contributed by atoms with Gasteiger partial charge < -0.3 is 14.7 Å². The Hall–Kier alpha value is -1.75. The van der Waals surface area contributed by atoms with E-state index in [-0.39, 0.29) is 6.61 Å². The van der Waals surface area contributed by atoms with Crippen LogP contribution in [-0.4, -0.2) is 61.0 Å². The number of halogens is 3. The summed E-state index contributed by atoms with van der Waals surface area (Å²) < 4.78 is 44.2. The van der Waals surface area contributed by atoms with Crippen molar-refractivity contribution in [1.82, 2.24) is 4.90 Å². The summed E-state index contributed by atoms with van der Waals surface area (Å²) in [4.78, 5) is 4.01. The number of ether oxygens (including phenoxy) is 1. The van der Waals surface area contributed by atoms with Gasteiger partial charge in [0.15, 0.2) is 0 Å². The van der Waals surface area contributed by atoms with Crippen LogP contribution in [0, 0.1) is 12.3 Å². The highest BCUT2D eigenvalue weighted by Crippen LogP contribution is 2.31. The first-order valence-corrected chi connectivity index (χ1v) is 9.11. The van der Waals surface area contributed by atoms with Crippen molar-refractivity contribution in [3.8, 4) is 12.3 Å². The van der Waals surface area contributed by atoms with E-state index in [1.54, 1.807) is 6.07 Å². The molecule has 0 spiro atoms. The van der Waals surface area contributed by atoms with Crippen molar-refractivity contribution in [2.75, 3.05) is 44.2 Å². The first kappa shape index (κ1) is 21.5. The summed E-state index contributed by atoms with van der Waals surface area (Å²) in [6.45, 7) is 6.87. The quantitative estimate of drug-likeness (QED) is 0.734. The normalized spacial score (nSPS) is 19.4. The van der Waals surface area contributed by atoms with Crippen molar-refractivity contribution in [2.45, 2.75) is 38.1 Å². The largest absolute Gasteiger partial charge is 0.416 e. The van der Waals surface area contributed by atoms with E-state index in [4.69, 9.17) is 11.2 Å². The van der Waals surface area contributed by atoms with Crippen molar-refractivity contribution < 1.29 is 23.0 Å². The number of rotatable bonds is 7. The van der Waals surface area contributed by atoms with E-state index in [1.807, 2.05) is 18.7 Å². The van der Waals surface area contributed by atoms with Crippen LogP contribution in [0.4, 0.5) is 18.9 Å². The Labute approximate surface area is 158 Å². The van der Waals surface area contributed by atoms with Crippen molar-refractivity contribution in [1.29, 1.82) is 0 Å². The Morgan fingerprint density at radius 2 is 1.93 bits per heavy atom. The zero-order valence-corrected chi connectivity index (χ0v) is 15.8. The van der Waals surface area contributed by atoms with Crippen LogP contribution in [0.2, 0.25) is 0 Å². The molecule has 1 saturated heterocycles. The number of anilines is 1. The molecule has 0 bridgehead atoms. The highest BCUT2D eigenvalue weighted by atomic mass is 19.4. The van der Waals surface area contributed by atoms with Crippen LogP contribution in [0.5, 0.6) is 0 Å². The van der Waals surface area contributed by atoms with Gasteiger partial charge in [-0.15, -0.1) is 6.42 Å². The molecule has 1 heterocycles. The summed E-state index contributed by atoms with van der Waals surface area (Å²) in [5.41, 5.74) is -0.744. The summed E-state index contributed by atoms with van der Waals surface area (Å²) in [5, 5.41) is 10.2. The Morgan fingerprint density at radius 3 is 2.48 bits per heavy atom. The number of alkyl halides is 3. The molecular weight excluding hydrogens is 357 g/mol. The summed E-state index contributed by atoms with van der Waals surface area (Å²) in [5.74, 6) is 2.59. The molecule has 2 atom stereocenters. The van der Waals surface area contributed by atoms with E-state index in [1.165, 1.54) is 12.1 Å². The lowest BCUT2D eigenvalue weighted by atomic mass is 10.1. The van der Waals surface area contributed by atoms with Gasteiger partial charge in [0.25, 0.3) is 0 Å². The fourth-order valence-corrected chi connectivity index (χ4v) is 2.94. The molecule has 1 aromatic rings. The number of piperazine rings is 1. The van der Waals surface area contributed by atoms with Crippen LogP contribution in [0.15, 0.2) is 24.3 Å². The number of hydrogen-bond donors (Lipinski definition) is 1. The zero-order valence-electron chi connectivity index (χ0n) is 15.8. The molecule has 0 aliphatic carbocycles. The minimum absolute atomic E-state index is 0.155. The van der Waals surface area contributed by atoms with Crippen LogP contribution in [0.25, 0.3) is 0 Å². The lowest BCUT2D eigenvalue weighted by Crippen LogP contribution is -2.49. The average Bonchev–Trinajstić information content (AvgIpc) is 2.66. The van der Waals surface area contributed by atoms with Gasteiger partial charge in [-0.2, -0.15) is 13.2 Å². The molecule has 0 radical (unpaired) electrons. The Kier molecular flexibility index (Phi) is 7.15. The predicted molar refractivity (Wildman–Crippen MR) is 99.6 cm³/mol. The maximum Gasteiger partial charge on any atom is 0.416 e. The third-order valence-electron chi connectivity index (χ3n) is 4.95. The molecule has 0 unspecified atom stereocenters. The van der Waals surface area contributed by atoms with Crippen LogP contribution >= 0.6 is 0 Å². The molecule has 1 N–H and O–H groups in total. The number of hydrogen-bond acceptors (Lipinski definition) is 4. The molecule has 150 valence electrons. The topological polar surface area (TPSA) is 35.9 Å². The molecule has 0 aromatic heterocycles. The van der Waals surface area contributed by atoms with Crippen LogP contribution in [0.1, 0.15) is 25.8 Å². The van der Waals surface area contributed by atoms with Gasteiger partial charge in [0.2, 0.25) is 0 Å². The third kappa shape index (κ3) is 6.13. The fraction of sp³-hybridized carbons (Fsp3) is 0.600. The van der Waals surface area contributed by atoms with E-state index in [9.17, 15) is 18.3 Å². The number of nitrogens with zero attached hydrogens (tertiary/aromatic N) is 2. The maximum absolute atomic E-state index is 12.9. The van der Waals surface area contributed by atoms with E-state index in [0.717, 1.165) is 6.07 Å². The van der Waals surface area contributed by atoms with Gasteiger partial charge in [0.05, 0.1) is 18.3 Å². The third-order valence-corrected chi connectivity index (χ3v) is 4.95. The van der Waals surface area contributed by atoms with Crippen molar-refractivity contribution in [2.24, 2.45) is 0 Å². The van der Waals surface area contributed by atoms with Crippen molar-refractivity contribution in [3.05, 3.63) is 29.8 Å². The predicted octanol–water partition coefficient (Wildman–Crippen LogP) is 3.01. The van der Waals surface area contributed by atoms with Gasteiger partial charge in [0, 0.05) is 38.4 Å². The van der Waals surface area contributed by atoms with Gasteiger partial charge in [-0.3, -0.25) is 4.90 Å². The SMILES string of the molecule is C#C[C@](C)(CC)OC[C@@H](O)CN1CCN(c2cccc(C(F)(F)F)c2)CC1. The summed E-state index contributed by atoms with van der Waals surface area (Å²) in [7, 11) is 0. The summed E-state index contributed by atoms with van der Waals surface area (Å²) in [6.07, 6.45) is 1.11. The van der Waals surface area contributed by atoms with E-state index in [2.05, 4.69) is 10.8 Å². The van der Waals surface area contributed by atoms with Gasteiger partial charge in [0.1, 0.15) is 5.60 Å². The van der Waals surface area contributed by atoms with Crippen LogP contribution in [-0.2, 0) is 10.9 Å². The van der Waals surface area contributed by atoms with Gasteiger partial charge in [-0.05, 0) is 31.5 Å². The zero-order chi connectivity index (χ0) is 20.1. The molecule has 27 heavy (non-hydrogen) atoms.